The van der Waals surface area contributed by atoms with Gasteiger partial charge in [-0.1, -0.05) is 12.1 Å². The summed E-state index contributed by atoms with van der Waals surface area (Å²) in [6, 6.07) is 15.5. The smallest absolute Gasteiger partial charge is 0.294 e. The molecular weight excluding hydrogens is 376 g/mol. The molecule has 28 heavy (non-hydrogen) atoms. The van der Waals surface area contributed by atoms with Gasteiger partial charge in [0.05, 0.1) is 10.6 Å². The molecule has 3 aromatic carbocycles. The van der Waals surface area contributed by atoms with Gasteiger partial charge in [0.25, 0.3) is 10.1 Å². The average molecular weight is 398 g/mol. The number of rotatable bonds is 6. The minimum Gasteiger partial charge on any atom is -0.507 e. The molecule has 0 aromatic heterocycles. The first-order valence-corrected chi connectivity index (χ1v) is 10.4. The number of hydrogen-bond acceptors (Lipinski definition) is 5. The molecule has 6 nitrogen and oxygen atoms in total. The van der Waals surface area contributed by atoms with E-state index >= 15 is 0 Å². The molecule has 0 saturated heterocycles. The van der Waals surface area contributed by atoms with Crippen LogP contribution >= 0.6 is 0 Å². The van der Waals surface area contributed by atoms with E-state index in [2.05, 4.69) is 23.7 Å². The Morgan fingerprint density at radius 2 is 1.68 bits per heavy atom. The summed E-state index contributed by atoms with van der Waals surface area (Å²) in [6.45, 7) is 6.12. The van der Waals surface area contributed by atoms with Gasteiger partial charge in [-0.3, -0.25) is 9.55 Å². The standard InChI is InChI=1S/C21H22N2O4S/c1-3-23(4-2)18-8-5-15(6-9-18)14-22-17-7-10-20-16(11-17)12-19(13-21(20)24)28(25,26)27/h5-14,24H,3-4H2,1-2H3,(H,25,26,27). The van der Waals surface area contributed by atoms with E-state index in [4.69, 9.17) is 0 Å². The lowest BCUT2D eigenvalue weighted by molar-refractivity contribution is 0.471. The Morgan fingerprint density at radius 1 is 1.00 bits per heavy atom. The Labute approximate surface area is 164 Å². The van der Waals surface area contributed by atoms with Crippen LogP contribution in [-0.4, -0.2) is 37.4 Å². The fraction of sp³-hybridized carbons (Fsp3) is 0.190. The summed E-state index contributed by atoms with van der Waals surface area (Å²) in [5.74, 6) is -0.215. The monoisotopic (exact) mass is 398 g/mol. The van der Waals surface area contributed by atoms with E-state index in [9.17, 15) is 18.1 Å². The molecule has 0 aliphatic carbocycles. The molecule has 0 atom stereocenters. The van der Waals surface area contributed by atoms with Crippen molar-refractivity contribution in [3.05, 3.63) is 60.2 Å². The summed E-state index contributed by atoms with van der Waals surface area (Å²) in [7, 11) is -4.40. The van der Waals surface area contributed by atoms with Crippen LogP contribution in [0.2, 0.25) is 0 Å². The second kappa shape index (κ2) is 8.00. The molecule has 0 saturated carbocycles. The van der Waals surface area contributed by atoms with Crippen molar-refractivity contribution in [3.63, 3.8) is 0 Å². The lowest BCUT2D eigenvalue weighted by atomic mass is 10.1. The number of anilines is 1. The molecule has 7 heteroatoms. The minimum atomic E-state index is -4.40. The molecule has 0 radical (unpaired) electrons. The van der Waals surface area contributed by atoms with Crippen LogP contribution in [0.15, 0.2) is 64.5 Å². The highest BCUT2D eigenvalue weighted by molar-refractivity contribution is 7.85. The molecule has 0 amide bonds. The van der Waals surface area contributed by atoms with E-state index in [1.807, 2.05) is 24.3 Å². The van der Waals surface area contributed by atoms with E-state index < -0.39 is 10.1 Å². The van der Waals surface area contributed by atoms with Gasteiger partial charge in [0.15, 0.2) is 0 Å². The third kappa shape index (κ3) is 4.32. The fourth-order valence-electron chi connectivity index (χ4n) is 3.05. The molecule has 2 N–H and O–H groups in total. The number of hydrogen-bond donors (Lipinski definition) is 2. The largest absolute Gasteiger partial charge is 0.507 e. The third-order valence-electron chi connectivity index (χ3n) is 4.57. The molecule has 0 heterocycles. The van der Waals surface area contributed by atoms with Gasteiger partial charge in [0.1, 0.15) is 5.75 Å². The average Bonchev–Trinajstić information content (AvgIpc) is 2.67. The first kappa shape index (κ1) is 19.9. The van der Waals surface area contributed by atoms with Crippen LogP contribution in [0.3, 0.4) is 0 Å². The highest BCUT2D eigenvalue weighted by atomic mass is 32.2. The molecule has 0 fully saturated rings. The van der Waals surface area contributed by atoms with Gasteiger partial charge in [0, 0.05) is 36.4 Å². The Balaban J connectivity index is 1.89. The van der Waals surface area contributed by atoms with Gasteiger partial charge < -0.3 is 10.0 Å². The normalized spacial score (nSPS) is 12.0. The Hall–Kier alpha value is -2.90. The molecule has 0 bridgehead atoms. The van der Waals surface area contributed by atoms with E-state index in [0.717, 1.165) is 30.4 Å². The first-order chi connectivity index (χ1) is 13.3. The minimum absolute atomic E-state index is 0.215. The zero-order valence-electron chi connectivity index (χ0n) is 15.7. The van der Waals surface area contributed by atoms with Crippen LogP contribution < -0.4 is 4.90 Å². The number of aliphatic imine (C=N–C) groups is 1. The second-order valence-electron chi connectivity index (χ2n) is 6.34. The second-order valence-corrected chi connectivity index (χ2v) is 7.77. The maximum Gasteiger partial charge on any atom is 0.294 e. The van der Waals surface area contributed by atoms with Gasteiger partial charge in [-0.2, -0.15) is 8.42 Å². The van der Waals surface area contributed by atoms with Gasteiger partial charge >= 0.3 is 0 Å². The number of phenols is 1. The summed E-state index contributed by atoms with van der Waals surface area (Å²) in [5.41, 5.74) is 2.69. The van der Waals surface area contributed by atoms with Gasteiger partial charge in [-0.15, -0.1) is 0 Å². The molecule has 0 spiro atoms. The molecule has 0 aliphatic rings. The first-order valence-electron chi connectivity index (χ1n) is 8.95. The van der Waals surface area contributed by atoms with E-state index in [-0.39, 0.29) is 10.6 Å². The third-order valence-corrected chi connectivity index (χ3v) is 5.40. The highest BCUT2D eigenvalue weighted by Gasteiger charge is 2.13. The number of phenolic OH excluding ortho intramolecular Hbond substituents is 1. The Bertz CT molecular complexity index is 1120. The summed E-state index contributed by atoms with van der Waals surface area (Å²) in [4.78, 5) is 6.33. The SMILES string of the molecule is CCN(CC)c1ccc(C=Nc2ccc3c(O)cc(S(=O)(=O)O)cc3c2)cc1. The van der Waals surface area contributed by atoms with Crippen molar-refractivity contribution in [2.24, 2.45) is 4.99 Å². The van der Waals surface area contributed by atoms with E-state index in [1.54, 1.807) is 24.4 Å². The maximum absolute atomic E-state index is 11.4. The van der Waals surface area contributed by atoms with Crippen LogP contribution in [0.5, 0.6) is 5.75 Å². The predicted molar refractivity (Wildman–Crippen MR) is 113 cm³/mol. The zero-order chi connectivity index (χ0) is 20.3. The molecule has 0 aliphatic heterocycles. The van der Waals surface area contributed by atoms with Crippen molar-refractivity contribution < 1.29 is 18.1 Å². The van der Waals surface area contributed by atoms with Crippen LogP contribution in [0.4, 0.5) is 11.4 Å². The highest BCUT2D eigenvalue weighted by Crippen LogP contribution is 2.31. The van der Waals surface area contributed by atoms with Crippen molar-refractivity contribution in [2.45, 2.75) is 18.7 Å². The van der Waals surface area contributed by atoms with E-state index in [1.165, 1.54) is 6.07 Å². The van der Waals surface area contributed by atoms with Gasteiger partial charge in [-0.25, -0.2) is 0 Å². The number of nitrogens with zero attached hydrogens (tertiary/aromatic N) is 2. The van der Waals surface area contributed by atoms with Crippen molar-refractivity contribution in [3.8, 4) is 5.75 Å². The lowest BCUT2D eigenvalue weighted by Crippen LogP contribution is -2.21. The van der Waals surface area contributed by atoms with Gasteiger partial charge in [0.2, 0.25) is 0 Å². The molecular formula is C21H22N2O4S. The predicted octanol–water partition coefficient (Wildman–Crippen LogP) is 4.39. The zero-order valence-corrected chi connectivity index (χ0v) is 16.5. The van der Waals surface area contributed by atoms with Crippen molar-refractivity contribution >= 4 is 38.5 Å². The lowest BCUT2D eigenvalue weighted by Gasteiger charge is -2.20. The van der Waals surface area contributed by atoms with Crippen molar-refractivity contribution in [1.29, 1.82) is 0 Å². The van der Waals surface area contributed by atoms with E-state index in [0.29, 0.717) is 16.5 Å². The number of benzene rings is 3. The molecule has 3 rings (SSSR count). The Kier molecular flexibility index (Phi) is 5.67. The molecule has 0 unspecified atom stereocenters. The molecule has 3 aromatic rings. The summed E-state index contributed by atoms with van der Waals surface area (Å²) in [5, 5.41) is 11.0. The topological polar surface area (TPSA) is 90.2 Å². The summed E-state index contributed by atoms with van der Waals surface area (Å²) < 4.78 is 31.9. The Morgan fingerprint density at radius 3 is 2.29 bits per heavy atom. The van der Waals surface area contributed by atoms with Crippen molar-refractivity contribution in [1.82, 2.24) is 0 Å². The summed E-state index contributed by atoms with van der Waals surface area (Å²) >= 11 is 0. The van der Waals surface area contributed by atoms with Crippen LogP contribution in [-0.2, 0) is 10.1 Å². The number of fused-ring (bicyclic) bond motifs is 1. The van der Waals surface area contributed by atoms with Gasteiger partial charge in [-0.05, 0) is 61.2 Å². The van der Waals surface area contributed by atoms with Crippen LogP contribution in [0, 0.1) is 0 Å². The maximum atomic E-state index is 11.4. The summed E-state index contributed by atoms with van der Waals surface area (Å²) in [6.07, 6.45) is 1.72. The number of aromatic hydroxyl groups is 1. The quantitative estimate of drug-likeness (QED) is 0.475. The fourth-order valence-corrected chi connectivity index (χ4v) is 3.58. The van der Waals surface area contributed by atoms with Crippen LogP contribution in [0.1, 0.15) is 19.4 Å². The van der Waals surface area contributed by atoms with Crippen LogP contribution in [0.25, 0.3) is 10.8 Å². The van der Waals surface area contributed by atoms with Crippen molar-refractivity contribution in [2.75, 3.05) is 18.0 Å². The molecule has 146 valence electrons.